The van der Waals surface area contributed by atoms with Crippen LogP contribution in [0.2, 0.25) is 0 Å². The Balaban J connectivity index is 1.12. The molecule has 0 radical (unpaired) electrons. The zero-order valence-corrected chi connectivity index (χ0v) is 30.9. The molecule has 0 N–H and O–H groups in total. The predicted octanol–water partition coefficient (Wildman–Crippen LogP) is 13.6. The number of nitrogens with zero attached hydrogens (tertiary/aromatic N) is 4. The quantitative estimate of drug-likeness (QED) is 0.160. The van der Waals surface area contributed by atoms with Gasteiger partial charge in [0.2, 0.25) is 0 Å². The highest BCUT2D eigenvalue weighted by molar-refractivity contribution is 6.22. The van der Waals surface area contributed by atoms with Crippen LogP contribution in [0.5, 0.6) is 0 Å². The van der Waals surface area contributed by atoms with Crippen molar-refractivity contribution >= 4 is 43.5 Å². The average molecular weight is 727 g/mol. The third-order valence-electron chi connectivity index (χ3n) is 11.0. The van der Waals surface area contributed by atoms with Gasteiger partial charge in [-0.15, -0.1) is 0 Å². The van der Waals surface area contributed by atoms with Gasteiger partial charge >= 0.3 is 0 Å². The first-order chi connectivity index (χ1) is 28.3. The maximum atomic E-state index is 5.44. The second-order valence-corrected chi connectivity index (χ2v) is 14.4. The molecule has 0 aliphatic heterocycles. The fourth-order valence-electron chi connectivity index (χ4n) is 8.32. The molecule has 0 bridgehead atoms. The van der Waals surface area contributed by atoms with Crippen molar-refractivity contribution in [3.05, 3.63) is 206 Å². The van der Waals surface area contributed by atoms with Crippen LogP contribution in [-0.2, 0) is 0 Å². The minimum atomic E-state index is 0.705. The first-order valence-corrected chi connectivity index (χ1v) is 19.3. The molecule has 8 aromatic carbocycles. The van der Waals surface area contributed by atoms with E-state index in [1.807, 2.05) is 36.4 Å². The lowest BCUT2D eigenvalue weighted by molar-refractivity contribution is 1.18. The summed E-state index contributed by atoms with van der Waals surface area (Å²) in [5.74, 6) is 0.705. The number of benzene rings is 8. The van der Waals surface area contributed by atoms with Crippen molar-refractivity contribution in [2.75, 3.05) is 0 Å². The molecule has 57 heavy (non-hydrogen) atoms. The van der Waals surface area contributed by atoms with Gasteiger partial charge in [0, 0.05) is 49.5 Å². The number of pyridine rings is 1. The Kier molecular flexibility index (Phi) is 7.78. The SMILES string of the molecule is c1ccc(-c2cc(-c3ccc(-c4cccc5nc(-c6ccccc6)c6cc7c(cc6c45)c4ccccc4n7-c4ccccc4)cc3)nc(-c3ccccc3)n2)cc1. The van der Waals surface area contributed by atoms with Crippen LogP contribution in [0.4, 0.5) is 0 Å². The Labute approximate surface area is 330 Å². The van der Waals surface area contributed by atoms with Crippen molar-refractivity contribution < 1.29 is 0 Å². The minimum absolute atomic E-state index is 0.705. The van der Waals surface area contributed by atoms with E-state index in [2.05, 4.69) is 174 Å². The summed E-state index contributed by atoms with van der Waals surface area (Å²) in [7, 11) is 0. The number of hydrogen-bond donors (Lipinski definition) is 0. The van der Waals surface area contributed by atoms with Gasteiger partial charge < -0.3 is 4.57 Å². The third kappa shape index (κ3) is 5.66. The predicted molar refractivity (Wildman–Crippen MR) is 236 cm³/mol. The molecule has 0 atom stereocenters. The first kappa shape index (κ1) is 32.7. The molecule has 0 aliphatic rings. The zero-order valence-electron chi connectivity index (χ0n) is 30.9. The van der Waals surface area contributed by atoms with E-state index < -0.39 is 0 Å². The van der Waals surface area contributed by atoms with Crippen LogP contribution in [0, 0.1) is 0 Å². The maximum Gasteiger partial charge on any atom is 0.160 e. The molecule has 0 spiro atoms. The topological polar surface area (TPSA) is 43.6 Å². The van der Waals surface area contributed by atoms with Gasteiger partial charge in [-0.25, -0.2) is 15.0 Å². The van der Waals surface area contributed by atoms with E-state index in [9.17, 15) is 0 Å². The normalized spacial score (nSPS) is 11.5. The second-order valence-electron chi connectivity index (χ2n) is 14.4. The number of fused-ring (bicyclic) bond motifs is 6. The third-order valence-corrected chi connectivity index (χ3v) is 11.0. The summed E-state index contributed by atoms with van der Waals surface area (Å²) in [5, 5.41) is 5.87. The molecule has 0 aliphatic carbocycles. The van der Waals surface area contributed by atoms with Gasteiger partial charge in [0.15, 0.2) is 5.82 Å². The molecule has 11 aromatic rings. The largest absolute Gasteiger partial charge is 0.309 e. The molecule has 0 saturated carbocycles. The first-order valence-electron chi connectivity index (χ1n) is 19.3. The van der Waals surface area contributed by atoms with Gasteiger partial charge in [0.05, 0.1) is 33.6 Å². The maximum absolute atomic E-state index is 5.44. The van der Waals surface area contributed by atoms with Gasteiger partial charge in [0.25, 0.3) is 0 Å². The van der Waals surface area contributed by atoms with Crippen molar-refractivity contribution in [1.82, 2.24) is 19.5 Å². The Morgan fingerprint density at radius 3 is 1.61 bits per heavy atom. The van der Waals surface area contributed by atoms with Crippen LogP contribution in [0.15, 0.2) is 206 Å². The molecule has 0 saturated heterocycles. The molecule has 11 rings (SSSR count). The van der Waals surface area contributed by atoms with Gasteiger partial charge in [-0.2, -0.15) is 0 Å². The van der Waals surface area contributed by atoms with Crippen molar-refractivity contribution in [1.29, 1.82) is 0 Å². The van der Waals surface area contributed by atoms with Crippen LogP contribution < -0.4 is 0 Å². The molecule has 266 valence electrons. The van der Waals surface area contributed by atoms with Crippen molar-refractivity contribution in [2.24, 2.45) is 0 Å². The van der Waals surface area contributed by atoms with Gasteiger partial charge in [-0.1, -0.05) is 164 Å². The zero-order chi connectivity index (χ0) is 37.7. The van der Waals surface area contributed by atoms with Crippen LogP contribution in [0.3, 0.4) is 0 Å². The van der Waals surface area contributed by atoms with E-state index in [0.29, 0.717) is 5.82 Å². The molecule has 3 heterocycles. The summed E-state index contributed by atoms with van der Waals surface area (Å²) < 4.78 is 2.38. The smallest absolute Gasteiger partial charge is 0.160 e. The average Bonchev–Trinajstić information content (AvgIpc) is 3.62. The summed E-state index contributed by atoms with van der Waals surface area (Å²) in [5.41, 5.74) is 13.6. The molecule has 0 unspecified atom stereocenters. The summed E-state index contributed by atoms with van der Waals surface area (Å²) >= 11 is 0. The number of aromatic nitrogens is 4. The van der Waals surface area contributed by atoms with Gasteiger partial charge in [0.1, 0.15) is 0 Å². The van der Waals surface area contributed by atoms with Crippen molar-refractivity contribution in [3.8, 4) is 62.0 Å². The van der Waals surface area contributed by atoms with E-state index in [1.54, 1.807) is 0 Å². The van der Waals surface area contributed by atoms with E-state index in [4.69, 9.17) is 15.0 Å². The van der Waals surface area contributed by atoms with Crippen molar-refractivity contribution in [3.63, 3.8) is 0 Å². The highest BCUT2D eigenvalue weighted by Crippen LogP contribution is 2.42. The molecular formula is C53H34N4. The monoisotopic (exact) mass is 726 g/mol. The Morgan fingerprint density at radius 1 is 0.333 bits per heavy atom. The van der Waals surface area contributed by atoms with E-state index in [1.165, 1.54) is 21.7 Å². The number of para-hydroxylation sites is 2. The molecule has 4 nitrogen and oxygen atoms in total. The number of hydrogen-bond acceptors (Lipinski definition) is 3. The van der Waals surface area contributed by atoms with E-state index >= 15 is 0 Å². The Bertz CT molecular complexity index is 3190. The van der Waals surface area contributed by atoms with E-state index in [0.717, 1.165) is 78.0 Å². The Morgan fingerprint density at radius 2 is 0.912 bits per heavy atom. The van der Waals surface area contributed by atoms with Crippen LogP contribution in [0.1, 0.15) is 0 Å². The van der Waals surface area contributed by atoms with Crippen LogP contribution >= 0.6 is 0 Å². The second kappa shape index (κ2) is 13.6. The fraction of sp³-hybridized carbons (Fsp3) is 0. The summed E-state index contributed by atoms with van der Waals surface area (Å²) in [6, 6.07) is 72.6. The summed E-state index contributed by atoms with van der Waals surface area (Å²) in [4.78, 5) is 15.5. The Hall–Kier alpha value is -7.69. The van der Waals surface area contributed by atoms with Gasteiger partial charge in [-0.05, 0) is 59.0 Å². The standard InChI is InChI=1S/C53H34N4/c1-5-16-36(17-6-1)47-34-48(56-53(55-47)39-20-9-3-10-21-39)37-30-28-35(29-31-37)41-25-15-26-46-51(41)44-32-43-42-24-13-14-27-49(42)57(40-22-11-4-12-23-40)50(43)33-45(44)52(54-46)38-18-7-2-8-19-38/h1-34H. The summed E-state index contributed by atoms with van der Waals surface area (Å²) in [6.45, 7) is 0. The molecule has 0 fully saturated rings. The lowest BCUT2D eigenvalue weighted by Crippen LogP contribution is -1.96. The van der Waals surface area contributed by atoms with Crippen molar-refractivity contribution in [2.45, 2.75) is 0 Å². The number of rotatable bonds is 6. The highest BCUT2D eigenvalue weighted by Gasteiger charge is 2.19. The van der Waals surface area contributed by atoms with Gasteiger partial charge in [-0.3, -0.25) is 0 Å². The fourth-order valence-corrected chi connectivity index (χ4v) is 8.32. The lowest BCUT2D eigenvalue weighted by atomic mass is 9.92. The van der Waals surface area contributed by atoms with Crippen LogP contribution in [0.25, 0.3) is 105 Å². The summed E-state index contributed by atoms with van der Waals surface area (Å²) in [6.07, 6.45) is 0. The molecule has 3 aromatic heterocycles. The highest BCUT2D eigenvalue weighted by atomic mass is 15.0. The molecule has 4 heteroatoms. The molecular weight excluding hydrogens is 693 g/mol. The molecule has 0 amide bonds. The van der Waals surface area contributed by atoms with E-state index in [-0.39, 0.29) is 0 Å². The van der Waals surface area contributed by atoms with Crippen LogP contribution in [-0.4, -0.2) is 19.5 Å². The lowest BCUT2D eigenvalue weighted by Gasteiger charge is -2.15. The minimum Gasteiger partial charge on any atom is -0.309 e.